The van der Waals surface area contributed by atoms with E-state index in [2.05, 4.69) is 15.6 Å². The first-order chi connectivity index (χ1) is 15.6. The van der Waals surface area contributed by atoms with Crippen molar-refractivity contribution in [3.63, 3.8) is 0 Å². The highest BCUT2D eigenvalue weighted by Crippen LogP contribution is 2.36. The van der Waals surface area contributed by atoms with Gasteiger partial charge >= 0.3 is 12.0 Å². The summed E-state index contributed by atoms with van der Waals surface area (Å²) in [5.41, 5.74) is 0.198. The van der Waals surface area contributed by atoms with Crippen molar-refractivity contribution >= 4 is 45.2 Å². The van der Waals surface area contributed by atoms with Crippen LogP contribution in [0, 0.1) is 0 Å². The van der Waals surface area contributed by atoms with Gasteiger partial charge in [0.15, 0.2) is 5.15 Å². The van der Waals surface area contributed by atoms with Crippen molar-refractivity contribution < 1.29 is 22.7 Å². The lowest BCUT2D eigenvalue weighted by Crippen LogP contribution is -2.46. The summed E-state index contributed by atoms with van der Waals surface area (Å²) < 4.78 is 33.7. The molecule has 1 aliphatic heterocycles. The lowest BCUT2D eigenvalue weighted by Gasteiger charge is -2.28. The summed E-state index contributed by atoms with van der Waals surface area (Å²) in [5, 5.41) is 5.20. The number of hydrogen-bond acceptors (Lipinski definition) is 6. The minimum atomic E-state index is -4.24. The Hall–Kier alpha value is -2.56. The molecule has 0 saturated heterocycles. The Balaban J connectivity index is 2.30. The highest BCUT2D eigenvalue weighted by molar-refractivity contribution is 7.90. The molecule has 12 heteroatoms. The van der Waals surface area contributed by atoms with Crippen LogP contribution in [0.5, 0.6) is 0 Å². The fourth-order valence-electron chi connectivity index (χ4n) is 3.55. The first-order valence-electron chi connectivity index (χ1n) is 10.3. The zero-order valence-electron chi connectivity index (χ0n) is 18.3. The second-order valence-corrected chi connectivity index (χ2v) is 9.91. The van der Waals surface area contributed by atoms with Crippen molar-refractivity contribution in [2.45, 2.75) is 51.0 Å². The number of nitrogens with zero attached hydrogens (tertiary/aromatic N) is 2. The predicted molar refractivity (Wildman–Crippen MR) is 124 cm³/mol. The molecule has 2 aromatic rings. The van der Waals surface area contributed by atoms with Gasteiger partial charge in [-0.2, -0.15) is 0 Å². The fourth-order valence-corrected chi connectivity index (χ4v) is 5.74. The zero-order chi connectivity index (χ0) is 24.3. The lowest BCUT2D eigenvalue weighted by molar-refractivity contribution is -0.139. The van der Waals surface area contributed by atoms with Crippen molar-refractivity contribution in [3.05, 3.63) is 57.2 Å². The summed E-state index contributed by atoms with van der Waals surface area (Å²) in [6.45, 7) is 5.21. The number of hydrogen-bond donors (Lipinski definition) is 2. The number of aromatic nitrogens is 2. The molecule has 1 aromatic heterocycles. The Labute approximate surface area is 202 Å². The van der Waals surface area contributed by atoms with Gasteiger partial charge in [-0.25, -0.2) is 27.0 Å². The second-order valence-electron chi connectivity index (χ2n) is 7.33. The van der Waals surface area contributed by atoms with Crippen LogP contribution in [-0.2, 0) is 26.0 Å². The number of aryl methyl sites for hydroxylation is 1. The summed E-state index contributed by atoms with van der Waals surface area (Å²) in [6.07, 6.45) is 1.75. The van der Waals surface area contributed by atoms with Crippen LogP contribution in [-0.4, -0.2) is 36.0 Å². The molecule has 1 aliphatic rings. The number of nitrogens with one attached hydrogen (secondary N) is 2. The van der Waals surface area contributed by atoms with E-state index in [-0.39, 0.29) is 44.5 Å². The van der Waals surface area contributed by atoms with Crippen LogP contribution in [0.3, 0.4) is 0 Å². The second kappa shape index (κ2) is 10.1. The molecule has 1 unspecified atom stereocenters. The number of carbonyl (C=O) groups excluding carboxylic acids is 2. The normalized spacial score (nSPS) is 16.4. The predicted octanol–water partition coefficient (Wildman–Crippen LogP) is 3.96. The summed E-state index contributed by atoms with van der Waals surface area (Å²) in [6, 6.07) is 3.95. The summed E-state index contributed by atoms with van der Waals surface area (Å²) in [7, 11) is -4.24. The molecule has 0 saturated carbocycles. The van der Waals surface area contributed by atoms with Gasteiger partial charge in [-0.05, 0) is 38.5 Å². The minimum Gasteiger partial charge on any atom is -0.463 e. The Morgan fingerprint density at radius 1 is 1.27 bits per heavy atom. The molecule has 0 radical (unpaired) electrons. The number of allylic oxidation sites excluding steroid dienone is 1. The third kappa shape index (κ3) is 5.02. The molecule has 2 N–H and O–H groups in total. The quantitative estimate of drug-likeness (QED) is 0.514. The van der Waals surface area contributed by atoms with E-state index >= 15 is 0 Å². The van der Waals surface area contributed by atoms with E-state index in [0.29, 0.717) is 12.8 Å². The average Bonchev–Trinajstić information content (AvgIpc) is 3.08. The van der Waals surface area contributed by atoms with Gasteiger partial charge in [0, 0.05) is 17.1 Å². The molecule has 1 atom stereocenters. The molecule has 9 nitrogen and oxygen atoms in total. The van der Waals surface area contributed by atoms with Crippen LogP contribution < -0.4 is 10.6 Å². The lowest BCUT2D eigenvalue weighted by atomic mass is 10.0. The van der Waals surface area contributed by atoms with E-state index in [1.165, 1.54) is 25.1 Å². The number of esters is 1. The third-order valence-electron chi connectivity index (χ3n) is 5.02. The van der Waals surface area contributed by atoms with Crippen LogP contribution in [0.2, 0.25) is 10.2 Å². The van der Waals surface area contributed by atoms with Crippen molar-refractivity contribution in [1.29, 1.82) is 0 Å². The maximum absolute atomic E-state index is 13.8. The molecule has 33 heavy (non-hydrogen) atoms. The van der Waals surface area contributed by atoms with Gasteiger partial charge in [0.1, 0.15) is 17.6 Å². The van der Waals surface area contributed by atoms with Crippen molar-refractivity contribution in [1.82, 2.24) is 19.6 Å². The number of unbranched alkanes of at least 4 members (excludes halogenated alkanes) is 1. The molecular formula is C21H24Cl2N4O5S. The standard InChI is InChI=1S/C21H24Cl2N4O5S/c1-4-6-10-15-25-19(23)18(27(15)33(30,31)14-9-7-8-13(22)11-14)17-16(20(28)32-5-2)12(3)24-21(29)26-17/h7-9,11,17H,4-6,10H2,1-3H3,(H2,24,26,29). The van der Waals surface area contributed by atoms with Gasteiger partial charge in [-0.15, -0.1) is 0 Å². The molecule has 0 aliphatic carbocycles. The molecule has 2 amide bonds. The number of ether oxygens (including phenoxy) is 1. The van der Waals surface area contributed by atoms with Crippen LogP contribution in [0.25, 0.3) is 0 Å². The smallest absolute Gasteiger partial charge is 0.338 e. The van der Waals surface area contributed by atoms with E-state index in [9.17, 15) is 18.0 Å². The van der Waals surface area contributed by atoms with Gasteiger partial charge in [0.05, 0.1) is 17.1 Å². The highest BCUT2D eigenvalue weighted by atomic mass is 35.5. The molecule has 1 aromatic carbocycles. The number of carbonyl (C=O) groups is 2. The summed E-state index contributed by atoms with van der Waals surface area (Å²) in [5.74, 6) is -0.531. The van der Waals surface area contributed by atoms with Gasteiger partial charge < -0.3 is 15.4 Å². The Morgan fingerprint density at radius 3 is 2.64 bits per heavy atom. The van der Waals surface area contributed by atoms with Crippen molar-refractivity contribution in [2.24, 2.45) is 0 Å². The van der Waals surface area contributed by atoms with Crippen molar-refractivity contribution in [3.8, 4) is 0 Å². The summed E-state index contributed by atoms with van der Waals surface area (Å²) in [4.78, 5) is 29.3. The highest BCUT2D eigenvalue weighted by Gasteiger charge is 2.39. The average molecular weight is 515 g/mol. The van der Waals surface area contributed by atoms with Crippen LogP contribution in [0.4, 0.5) is 4.79 Å². The molecule has 3 rings (SSSR count). The molecular weight excluding hydrogens is 491 g/mol. The molecule has 0 bridgehead atoms. The largest absolute Gasteiger partial charge is 0.463 e. The van der Waals surface area contributed by atoms with Gasteiger partial charge in [0.25, 0.3) is 10.0 Å². The molecule has 178 valence electrons. The monoisotopic (exact) mass is 514 g/mol. The molecule has 2 heterocycles. The number of imidazole rings is 1. The third-order valence-corrected chi connectivity index (χ3v) is 7.27. The first kappa shape index (κ1) is 25.1. The maximum atomic E-state index is 13.8. The van der Waals surface area contributed by atoms with Gasteiger partial charge in [-0.3, -0.25) is 0 Å². The maximum Gasteiger partial charge on any atom is 0.338 e. The first-order valence-corrected chi connectivity index (χ1v) is 12.5. The Bertz CT molecular complexity index is 1220. The molecule has 0 fully saturated rings. The van der Waals surface area contributed by atoms with Gasteiger partial charge in [-0.1, -0.05) is 42.6 Å². The van der Waals surface area contributed by atoms with E-state index < -0.39 is 28.1 Å². The number of amides is 2. The number of urea groups is 1. The molecule has 0 spiro atoms. The van der Waals surface area contributed by atoms with Crippen LogP contribution in [0.15, 0.2) is 40.4 Å². The zero-order valence-corrected chi connectivity index (χ0v) is 20.6. The Kier molecular flexibility index (Phi) is 7.71. The Morgan fingerprint density at radius 2 is 2.00 bits per heavy atom. The topological polar surface area (TPSA) is 119 Å². The number of benzene rings is 1. The summed E-state index contributed by atoms with van der Waals surface area (Å²) >= 11 is 12.5. The number of rotatable bonds is 8. The number of halogens is 2. The van der Waals surface area contributed by atoms with Crippen LogP contribution >= 0.6 is 23.2 Å². The van der Waals surface area contributed by atoms with Crippen molar-refractivity contribution in [2.75, 3.05) is 6.61 Å². The minimum absolute atomic E-state index is 0.0304. The fraction of sp³-hybridized carbons (Fsp3) is 0.381. The van der Waals surface area contributed by atoms with Crippen LogP contribution in [0.1, 0.15) is 51.2 Å². The SMILES string of the molecule is CCCCc1nc(Cl)c(C2NC(=O)NC(C)=C2C(=O)OCC)n1S(=O)(=O)c1cccc(Cl)c1. The van der Waals surface area contributed by atoms with E-state index in [0.717, 1.165) is 10.4 Å². The van der Waals surface area contributed by atoms with Gasteiger partial charge in [0.2, 0.25) is 0 Å². The van der Waals surface area contributed by atoms with E-state index in [1.54, 1.807) is 13.0 Å². The van der Waals surface area contributed by atoms with E-state index in [1.807, 2.05) is 6.92 Å². The van der Waals surface area contributed by atoms with E-state index in [4.69, 9.17) is 27.9 Å².